The summed E-state index contributed by atoms with van der Waals surface area (Å²) in [6.07, 6.45) is -2.60. The van der Waals surface area contributed by atoms with Gasteiger partial charge in [-0.15, -0.1) is 0 Å². The van der Waals surface area contributed by atoms with Crippen LogP contribution < -0.4 is 0 Å². The number of rotatable bonds is 2. The molecule has 1 nitrogen and oxygen atoms in total. The van der Waals surface area contributed by atoms with E-state index < -0.39 is 28.9 Å². The monoisotopic (exact) mass is 246 g/mol. The van der Waals surface area contributed by atoms with Gasteiger partial charge >= 0.3 is 6.18 Å². The minimum atomic E-state index is -4.62. The van der Waals surface area contributed by atoms with Gasteiger partial charge in [-0.2, -0.15) is 13.2 Å². The van der Waals surface area contributed by atoms with E-state index in [0.29, 0.717) is 25.0 Å². The normalized spacial score (nSPS) is 16.7. The molecule has 0 saturated heterocycles. The number of Topliss-reactive ketones (excluding diaryl/α,β-unsaturated/α-hetero) is 1. The van der Waals surface area contributed by atoms with Crippen LogP contribution in [0.3, 0.4) is 0 Å². The van der Waals surface area contributed by atoms with Crippen molar-refractivity contribution in [2.24, 2.45) is 5.92 Å². The van der Waals surface area contributed by atoms with Crippen LogP contribution in [0, 0.1) is 11.7 Å². The van der Waals surface area contributed by atoms with E-state index in [9.17, 15) is 22.4 Å². The number of benzene rings is 1. The predicted octanol–water partition coefficient (Wildman–Crippen LogP) is 3.83. The Morgan fingerprint density at radius 3 is 2.35 bits per heavy atom. The average molecular weight is 246 g/mol. The van der Waals surface area contributed by atoms with Crippen molar-refractivity contribution in [3.8, 4) is 0 Å². The molecular formula is C12H10F4O. The second-order valence-corrected chi connectivity index (χ2v) is 4.18. The molecule has 0 N–H and O–H groups in total. The van der Waals surface area contributed by atoms with Crippen molar-refractivity contribution < 1.29 is 22.4 Å². The Balaban J connectivity index is 2.43. The standard InChI is InChI=1S/C12H10F4O/c13-8-4-5-10(12(14,15)16)9(6-8)11(17)7-2-1-3-7/h4-7H,1-3H2. The van der Waals surface area contributed by atoms with E-state index in [0.717, 1.165) is 12.5 Å². The van der Waals surface area contributed by atoms with Crippen molar-refractivity contribution in [3.05, 3.63) is 35.1 Å². The van der Waals surface area contributed by atoms with Crippen molar-refractivity contribution in [2.45, 2.75) is 25.4 Å². The summed E-state index contributed by atoms with van der Waals surface area (Å²) in [4.78, 5) is 11.8. The molecule has 1 saturated carbocycles. The van der Waals surface area contributed by atoms with Crippen molar-refractivity contribution in [3.63, 3.8) is 0 Å². The maximum absolute atomic E-state index is 13.0. The minimum Gasteiger partial charge on any atom is -0.294 e. The smallest absolute Gasteiger partial charge is 0.294 e. The van der Waals surface area contributed by atoms with Crippen LogP contribution in [0.25, 0.3) is 0 Å². The fraction of sp³-hybridized carbons (Fsp3) is 0.417. The highest BCUT2D eigenvalue weighted by Crippen LogP contribution is 2.36. The number of alkyl halides is 3. The van der Waals surface area contributed by atoms with Gasteiger partial charge in [0.05, 0.1) is 5.56 Å². The van der Waals surface area contributed by atoms with Gasteiger partial charge in [-0.05, 0) is 31.0 Å². The van der Waals surface area contributed by atoms with Crippen molar-refractivity contribution in [2.75, 3.05) is 0 Å². The fourth-order valence-corrected chi connectivity index (χ4v) is 1.86. The average Bonchev–Trinajstić information content (AvgIpc) is 2.12. The largest absolute Gasteiger partial charge is 0.417 e. The topological polar surface area (TPSA) is 17.1 Å². The Hall–Kier alpha value is -1.39. The maximum atomic E-state index is 13.0. The highest BCUT2D eigenvalue weighted by molar-refractivity contribution is 5.99. The van der Waals surface area contributed by atoms with Gasteiger partial charge in [0.1, 0.15) is 5.82 Å². The Morgan fingerprint density at radius 2 is 1.88 bits per heavy atom. The van der Waals surface area contributed by atoms with Crippen LogP contribution in [0.5, 0.6) is 0 Å². The van der Waals surface area contributed by atoms with Crippen LogP contribution in [0.4, 0.5) is 17.6 Å². The van der Waals surface area contributed by atoms with Crippen molar-refractivity contribution in [1.82, 2.24) is 0 Å². The lowest BCUT2D eigenvalue weighted by Crippen LogP contribution is -2.25. The molecule has 0 unspecified atom stereocenters. The number of ketones is 1. The number of carbonyl (C=O) groups is 1. The molecule has 92 valence electrons. The highest BCUT2D eigenvalue weighted by Gasteiger charge is 2.37. The highest BCUT2D eigenvalue weighted by atomic mass is 19.4. The van der Waals surface area contributed by atoms with E-state index in [-0.39, 0.29) is 5.92 Å². The first-order valence-electron chi connectivity index (χ1n) is 5.30. The molecule has 1 fully saturated rings. The molecule has 1 aliphatic rings. The first kappa shape index (κ1) is 12.1. The lowest BCUT2D eigenvalue weighted by Gasteiger charge is -2.25. The molecule has 0 heterocycles. The molecule has 0 spiro atoms. The third kappa shape index (κ3) is 2.33. The zero-order chi connectivity index (χ0) is 12.6. The molecule has 5 heteroatoms. The van der Waals surface area contributed by atoms with Crippen molar-refractivity contribution in [1.29, 1.82) is 0 Å². The van der Waals surface area contributed by atoms with E-state index in [1.807, 2.05) is 0 Å². The molecule has 0 aromatic heterocycles. The molecule has 0 bridgehead atoms. The van der Waals surface area contributed by atoms with Gasteiger partial charge in [0.2, 0.25) is 0 Å². The molecule has 1 aliphatic carbocycles. The van der Waals surface area contributed by atoms with Crippen LogP contribution in [-0.2, 0) is 6.18 Å². The van der Waals surface area contributed by atoms with Crippen LogP contribution in [0.1, 0.15) is 35.2 Å². The summed E-state index contributed by atoms with van der Waals surface area (Å²) >= 11 is 0. The lowest BCUT2D eigenvalue weighted by molar-refractivity contribution is -0.138. The predicted molar refractivity (Wildman–Crippen MR) is 53.1 cm³/mol. The van der Waals surface area contributed by atoms with Crippen LogP contribution in [0.15, 0.2) is 18.2 Å². The Bertz CT molecular complexity index is 446. The number of hydrogen-bond acceptors (Lipinski definition) is 1. The molecule has 1 aromatic carbocycles. The SMILES string of the molecule is O=C(c1cc(F)ccc1C(F)(F)F)C1CCC1. The quantitative estimate of drug-likeness (QED) is 0.572. The second kappa shape index (κ2) is 4.13. The van der Waals surface area contributed by atoms with Gasteiger partial charge in [-0.25, -0.2) is 4.39 Å². The van der Waals surface area contributed by atoms with Gasteiger partial charge in [0.15, 0.2) is 5.78 Å². The van der Waals surface area contributed by atoms with E-state index in [1.165, 1.54) is 0 Å². The summed E-state index contributed by atoms with van der Waals surface area (Å²) < 4.78 is 50.9. The zero-order valence-electron chi connectivity index (χ0n) is 8.85. The molecule has 17 heavy (non-hydrogen) atoms. The summed E-state index contributed by atoms with van der Waals surface area (Å²) in [5.41, 5.74) is -1.59. The molecular weight excluding hydrogens is 236 g/mol. The Kier molecular flexibility index (Phi) is 2.93. The van der Waals surface area contributed by atoms with Gasteiger partial charge in [-0.3, -0.25) is 4.79 Å². The van der Waals surface area contributed by atoms with Crippen molar-refractivity contribution >= 4 is 5.78 Å². The molecule has 0 atom stereocenters. The fourth-order valence-electron chi connectivity index (χ4n) is 1.86. The first-order chi connectivity index (χ1) is 7.89. The van der Waals surface area contributed by atoms with E-state index in [1.54, 1.807) is 0 Å². The number of carbonyl (C=O) groups excluding carboxylic acids is 1. The van der Waals surface area contributed by atoms with Crippen LogP contribution in [0.2, 0.25) is 0 Å². The molecule has 0 radical (unpaired) electrons. The molecule has 2 rings (SSSR count). The summed E-state index contributed by atoms with van der Waals surface area (Å²) in [6.45, 7) is 0. The Labute approximate surface area is 95.4 Å². The van der Waals surface area contributed by atoms with E-state index >= 15 is 0 Å². The number of halogens is 4. The summed E-state index contributed by atoms with van der Waals surface area (Å²) in [7, 11) is 0. The molecule has 1 aromatic rings. The van der Waals surface area contributed by atoms with Gasteiger partial charge in [-0.1, -0.05) is 6.42 Å². The maximum Gasteiger partial charge on any atom is 0.417 e. The van der Waals surface area contributed by atoms with Gasteiger partial charge in [0.25, 0.3) is 0 Å². The third-order valence-corrected chi connectivity index (χ3v) is 3.03. The molecule has 0 amide bonds. The van der Waals surface area contributed by atoms with Gasteiger partial charge in [0, 0.05) is 11.5 Å². The summed E-state index contributed by atoms with van der Waals surface area (Å²) in [5.74, 6) is -1.79. The Morgan fingerprint density at radius 1 is 1.24 bits per heavy atom. The zero-order valence-corrected chi connectivity index (χ0v) is 8.85. The number of hydrogen-bond donors (Lipinski definition) is 0. The lowest BCUT2D eigenvalue weighted by atomic mass is 9.79. The minimum absolute atomic E-state index is 0.377. The third-order valence-electron chi connectivity index (χ3n) is 3.03. The van der Waals surface area contributed by atoms with Crippen LogP contribution in [-0.4, -0.2) is 5.78 Å². The summed E-state index contributed by atoms with van der Waals surface area (Å²) in [5, 5.41) is 0. The molecule has 0 aliphatic heterocycles. The first-order valence-corrected chi connectivity index (χ1v) is 5.30. The second-order valence-electron chi connectivity index (χ2n) is 4.18. The van der Waals surface area contributed by atoms with E-state index in [4.69, 9.17) is 0 Å². The summed E-state index contributed by atoms with van der Waals surface area (Å²) in [6, 6.07) is 2.03. The van der Waals surface area contributed by atoms with Gasteiger partial charge < -0.3 is 0 Å². The van der Waals surface area contributed by atoms with Crippen LogP contribution >= 0.6 is 0 Å². The van der Waals surface area contributed by atoms with E-state index in [2.05, 4.69) is 0 Å².